The molecule has 0 fully saturated rings. The highest BCUT2D eigenvalue weighted by Crippen LogP contribution is 2.27. The standard InChI is InChI=1S/C32H35N3O3/c1-22-16-17-34-29(18-22)26-14-12-24(13-15-26)20-30(35-32(37)38)31(36)21-28(33)27(25-10-6-3-7-11-25)19-23-8-4-2-5-9-23/h2-18,27-28,30-31,35-36H,19-21,33H2,1H3,(H,37,38)/t27?,28-,30-,31+/m0/s1. The number of carboxylic acid groups (broad SMARTS) is 1. The van der Waals surface area contributed by atoms with E-state index in [1.54, 1.807) is 6.20 Å². The molecule has 4 atom stereocenters. The molecule has 0 aliphatic rings. The van der Waals surface area contributed by atoms with Gasteiger partial charge in [-0.05, 0) is 60.6 Å². The number of benzene rings is 3. The minimum Gasteiger partial charge on any atom is -0.465 e. The third kappa shape index (κ3) is 7.51. The predicted molar refractivity (Wildman–Crippen MR) is 151 cm³/mol. The number of carbonyl (C=O) groups is 1. The number of aryl methyl sites for hydroxylation is 1. The van der Waals surface area contributed by atoms with Crippen molar-refractivity contribution in [3.05, 3.63) is 126 Å². The molecule has 0 aliphatic heterocycles. The van der Waals surface area contributed by atoms with Gasteiger partial charge < -0.3 is 21.3 Å². The lowest BCUT2D eigenvalue weighted by atomic mass is 9.82. The van der Waals surface area contributed by atoms with Crippen molar-refractivity contribution in [1.29, 1.82) is 0 Å². The lowest BCUT2D eigenvalue weighted by Gasteiger charge is -2.30. The van der Waals surface area contributed by atoms with Crippen molar-refractivity contribution >= 4 is 6.09 Å². The summed E-state index contributed by atoms with van der Waals surface area (Å²) in [6, 6.07) is 30.9. The Hall–Kier alpha value is -4.00. The first-order valence-corrected chi connectivity index (χ1v) is 12.9. The minimum atomic E-state index is -1.17. The summed E-state index contributed by atoms with van der Waals surface area (Å²) in [6.07, 6.45) is 0.975. The fraction of sp³-hybridized carbons (Fsp3) is 0.250. The number of amides is 1. The van der Waals surface area contributed by atoms with Gasteiger partial charge in [0.2, 0.25) is 0 Å². The van der Waals surface area contributed by atoms with E-state index in [2.05, 4.69) is 34.6 Å². The molecule has 4 rings (SSSR count). The van der Waals surface area contributed by atoms with E-state index in [4.69, 9.17) is 5.73 Å². The quantitative estimate of drug-likeness (QED) is 0.218. The normalized spacial score (nSPS) is 14.3. The molecule has 3 aromatic carbocycles. The second kappa shape index (κ2) is 13.0. The summed E-state index contributed by atoms with van der Waals surface area (Å²) >= 11 is 0. The molecule has 0 saturated carbocycles. The van der Waals surface area contributed by atoms with Crippen LogP contribution in [0.15, 0.2) is 103 Å². The van der Waals surface area contributed by atoms with Crippen molar-refractivity contribution in [2.45, 2.75) is 50.3 Å². The molecule has 1 amide bonds. The number of aromatic nitrogens is 1. The molecule has 0 radical (unpaired) electrons. The number of nitrogens with one attached hydrogen (secondary N) is 1. The summed E-state index contributed by atoms with van der Waals surface area (Å²) in [5.41, 5.74) is 12.9. The van der Waals surface area contributed by atoms with Crippen molar-refractivity contribution in [2.75, 3.05) is 0 Å². The average molecular weight is 510 g/mol. The SMILES string of the molecule is Cc1ccnc(-c2ccc(C[C@H](NC(=O)O)[C@H](O)C[C@H](N)C(Cc3ccccc3)c3ccccc3)cc2)c1. The molecule has 0 aliphatic carbocycles. The monoisotopic (exact) mass is 509 g/mol. The summed E-state index contributed by atoms with van der Waals surface area (Å²) < 4.78 is 0. The summed E-state index contributed by atoms with van der Waals surface area (Å²) in [7, 11) is 0. The van der Waals surface area contributed by atoms with E-state index in [0.717, 1.165) is 39.9 Å². The van der Waals surface area contributed by atoms with Gasteiger partial charge in [-0.25, -0.2) is 4.79 Å². The summed E-state index contributed by atoms with van der Waals surface area (Å²) in [6.45, 7) is 2.02. The van der Waals surface area contributed by atoms with Gasteiger partial charge in [0.05, 0.1) is 17.8 Å². The number of nitrogens with zero attached hydrogens (tertiary/aromatic N) is 1. The van der Waals surface area contributed by atoms with Gasteiger partial charge in [-0.3, -0.25) is 4.98 Å². The molecule has 5 N–H and O–H groups in total. The van der Waals surface area contributed by atoms with E-state index in [-0.39, 0.29) is 18.4 Å². The van der Waals surface area contributed by atoms with Gasteiger partial charge in [0, 0.05) is 23.7 Å². The number of pyridine rings is 1. The van der Waals surface area contributed by atoms with Crippen LogP contribution in [0.1, 0.15) is 34.6 Å². The number of rotatable bonds is 11. The lowest BCUT2D eigenvalue weighted by Crippen LogP contribution is -2.47. The Morgan fingerprint density at radius 2 is 1.53 bits per heavy atom. The molecule has 0 saturated heterocycles. The van der Waals surface area contributed by atoms with E-state index in [1.165, 1.54) is 0 Å². The van der Waals surface area contributed by atoms with Crippen LogP contribution in [0, 0.1) is 6.92 Å². The van der Waals surface area contributed by atoms with Crippen LogP contribution in [-0.4, -0.2) is 39.5 Å². The first-order chi connectivity index (χ1) is 18.4. The third-order valence-electron chi connectivity index (χ3n) is 6.95. The number of hydrogen-bond donors (Lipinski definition) is 4. The van der Waals surface area contributed by atoms with E-state index < -0.39 is 18.2 Å². The molecule has 0 spiro atoms. The van der Waals surface area contributed by atoms with Crippen LogP contribution in [0.4, 0.5) is 4.79 Å². The molecule has 6 nitrogen and oxygen atoms in total. The molecule has 6 heteroatoms. The Morgan fingerprint density at radius 3 is 2.16 bits per heavy atom. The Kier molecular flexibility index (Phi) is 9.25. The van der Waals surface area contributed by atoms with Crippen LogP contribution >= 0.6 is 0 Å². The molecular weight excluding hydrogens is 474 g/mol. The van der Waals surface area contributed by atoms with E-state index in [1.807, 2.05) is 79.7 Å². The highest BCUT2D eigenvalue weighted by Gasteiger charge is 2.28. The number of aliphatic hydroxyl groups excluding tert-OH is 1. The molecule has 1 aromatic heterocycles. The zero-order valence-electron chi connectivity index (χ0n) is 21.6. The maximum atomic E-state index is 11.6. The van der Waals surface area contributed by atoms with Crippen LogP contribution in [0.5, 0.6) is 0 Å². The summed E-state index contributed by atoms with van der Waals surface area (Å²) in [4.78, 5) is 16.0. The van der Waals surface area contributed by atoms with Crippen LogP contribution < -0.4 is 11.1 Å². The van der Waals surface area contributed by atoms with Crippen molar-refractivity contribution < 1.29 is 15.0 Å². The smallest absolute Gasteiger partial charge is 0.404 e. The molecule has 196 valence electrons. The third-order valence-corrected chi connectivity index (χ3v) is 6.95. The zero-order chi connectivity index (χ0) is 26.9. The van der Waals surface area contributed by atoms with Crippen LogP contribution in [0.2, 0.25) is 0 Å². The van der Waals surface area contributed by atoms with E-state index in [9.17, 15) is 15.0 Å². The largest absolute Gasteiger partial charge is 0.465 e. The van der Waals surface area contributed by atoms with Crippen molar-refractivity contribution in [3.8, 4) is 11.3 Å². The van der Waals surface area contributed by atoms with E-state index >= 15 is 0 Å². The van der Waals surface area contributed by atoms with Gasteiger partial charge in [0.1, 0.15) is 0 Å². The maximum Gasteiger partial charge on any atom is 0.404 e. The van der Waals surface area contributed by atoms with Crippen molar-refractivity contribution in [3.63, 3.8) is 0 Å². The van der Waals surface area contributed by atoms with Crippen LogP contribution in [0.3, 0.4) is 0 Å². The van der Waals surface area contributed by atoms with Crippen LogP contribution in [0.25, 0.3) is 11.3 Å². The number of nitrogens with two attached hydrogens (primary N) is 1. The topological polar surface area (TPSA) is 108 Å². The van der Waals surface area contributed by atoms with Gasteiger partial charge in [-0.15, -0.1) is 0 Å². The van der Waals surface area contributed by atoms with Crippen molar-refractivity contribution in [2.24, 2.45) is 5.73 Å². The number of aliphatic hydroxyl groups is 1. The maximum absolute atomic E-state index is 11.6. The van der Waals surface area contributed by atoms with Crippen LogP contribution in [-0.2, 0) is 12.8 Å². The molecule has 38 heavy (non-hydrogen) atoms. The molecule has 1 heterocycles. The second-order valence-corrected chi connectivity index (χ2v) is 9.85. The van der Waals surface area contributed by atoms with Gasteiger partial charge in [0.15, 0.2) is 0 Å². The summed E-state index contributed by atoms with van der Waals surface area (Å²) in [5.74, 6) is -0.0279. The zero-order valence-corrected chi connectivity index (χ0v) is 21.6. The molecule has 4 aromatic rings. The predicted octanol–water partition coefficient (Wildman–Crippen LogP) is 5.34. The second-order valence-electron chi connectivity index (χ2n) is 9.85. The first-order valence-electron chi connectivity index (χ1n) is 12.9. The molecule has 0 bridgehead atoms. The molecule has 1 unspecified atom stereocenters. The van der Waals surface area contributed by atoms with E-state index in [0.29, 0.717) is 6.42 Å². The van der Waals surface area contributed by atoms with Gasteiger partial charge >= 0.3 is 6.09 Å². The van der Waals surface area contributed by atoms with Gasteiger partial charge in [-0.1, -0.05) is 84.9 Å². The minimum absolute atomic E-state index is 0.0279. The van der Waals surface area contributed by atoms with Gasteiger partial charge in [-0.2, -0.15) is 0 Å². The highest BCUT2D eigenvalue weighted by atomic mass is 16.4. The Bertz CT molecular complexity index is 1300. The highest BCUT2D eigenvalue weighted by molar-refractivity contribution is 5.65. The summed E-state index contributed by atoms with van der Waals surface area (Å²) in [5, 5.41) is 23.2. The fourth-order valence-electron chi connectivity index (χ4n) is 4.89. The average Bonchev–Trinajstić information content (AvgIpc) is 2.92. The fourth-order valence-corrected chi connectivity index (χ4v) is 4.89. The Labute approximate surface area is 224 Å². The lowest BCUT2D eigenvalue weighted by molar-refractivity contribution is 0.102. The Balaban J connectivity index is 1.48. The Morgan fingerprint density at radius 1 is 0.895 bits per heavy atom. The number of hydrogen-bond acceptors (Lipinski definition) is 4. The van der Waals surface area contributed by atoms with Crippen molar-refractivity contribution in [1.82, 2.24) is 10.3 Å². The molecular formula is C32H35N3O3. The van der Waals surface area contributed by atoms with Gasteiger partial charge in [0.25, 0.3) is 0 Å². The first kappa shape index (κ1) is 27.0.